The molecule has 0 saturated heterocycles. The summed E-state index contributed by atoms with van der Waals surface area (Å²) in [6.07, 6.45) is 9.00. The zero-order valence-corrected chi connectivity index (χ0v) is 5.98. The van der Waals surface area contributed by atoms with Crippen molar-refractivity contribution in [2.45, 2.75) is 0 Å². The first kappa shape index (κ1) is 24.9. The van der Waals surface area contributed by atoms with Crippen LogP contribution >= 0.6 is 12.4 Å². The molecule has 0 unspecified atom stereocenters. The Morgan fingerprint density at radius 3 is 1.25 bits per heavy atom. The van der Waals surface area contributed by atoms with Crippen LogP contribution in [-0.4, -0.2) is 0 Å². The van der Waals surface area contributed by atoms with Gasteiger partial charge in [0, 0.05) is 19.5 Å². The summed E-state index contributed by atoms with van der Waals surface area (Å²) >= 11 is 0. The predicted molar refractivity (Wildman–Crippen MR) is 15.4 cm³/mol. The second kappa shape index (κ2) is 94.8. The van der Waals surface area contributed by atoms with Crippen LogP contribution in [0.15, 0.2) is 0 Å². The molecule has 0 heterocycles. The molecule has 0 saturated carbocycles. The standard InChI is InChI=1S/C2H.ClH.Zn/c1-2;;/h1H;1H;/q-1;;. The van der Waals surface area contributed by atoms with Crippen LogP contribution in [0.1, 0.15) is 0 Å². The van der Waals surface area contributed by atoms with Crippen molar-refractivity contribution >= 4 is 12.4 Å². The van der Waals surface area contributed by atoms with E-state index in [0.717, 1.165) is 0 Å². The monoisotopic (exact) mass is 125 g/mol. The second-order valence-corrected chi connectivity index (χ2v) is 0. The van der Waals surface area contributed by atoms with Gasteiger partial charge in [-0.25, -0.2) is 0 Å². The predicted octanol–water partition coefficient (Wildman–Crippen LogP) is 0.625. The molecule has 4 heavy (non-hydrogen) atoms. The van der Waals surface area contributed by atoms with Crippen molar-refractivity contribution in [2.24, 2.45) is 0 Å². The van der Waals surface area contributed by atoms with Gasteiger partial charge in [0.15, 0.2) is 0 Å². The Labute approximate surface area is 45.1 Å². The van der Waals surface area contributed by atoms with E-state index in [1.54, 1.807) is 0 Å². The van der Waals surface area contributed by atoms with Gasteiger partial charge in [-0.05, 0) is 0 Å². The first-order valence-corrected chi connectivity index (χ1v) is 0.289. The molecule has 0 aliphatic carbocycles. The largest absolute Gasteiger partial charge is 0.697 e. The molecule has 0 aromatic rings. The number of rotatable bonds is 0. The Hall–Kier alpha value is 0.473. The number of hydrogen-bond donors (Lipinski definition) is 0. The van der Waals surface area contributed by atoms with Crippen LogP contribution in [0.3, 0.4) is 0 Å². The molecule has 20 valence electrons. The summed E-state index contributed by atoms with van der Waals surface area (Å²) in [5.74, 6) is 0. The smallest absolute Gasteiger partial charge is 0 e. The second-order valence-electron chi connectivity index (χ2n) is 0. The van der Waals surface area contributed by atoms with E-state index in [4.69, 9.17) is 6.42 Å². The Kier molecular flexibility index (Phi) is 589. The van der Waals surface area contributed by atoms with Gasteiger partial charge in [-0.15, -0.1) is 12.4 Å². The third kappa shape index (κ3) is 24.0. The van der Waals surface area contributed by atoms with Crippen LogP contribution in [0.25, 0.3) is 0 Å². The third-order valence-corrected chi connectivity index (χ3v) is 0. The van der Waals surface area contributed by atoms with Gasteiger partial charge < -0.3 is 12.8 Å². The van der Waals surface area contributed by atoms with Crippen LogP contribution in [0.2, 0.25) is 0 Å². The van der Waals surface area contributed by atoms with E-state index in [0.29, 0.717) is 0 Å². The summed E-state index contributed by atoms with van der Waals surface area (Å²) < 4.78 is 0. The zero-order valence-electron chi connectivity index (χ0n) is 2.19. The van der Waals surface area contributed by atoms with Gasteiger partial charge in [-0.1, -0.05) is 0 Å². The molecule has 0 fully saturated rings. The van der Waals surface area contributed by atoms with Crippen molar-refractivity contribution < 1.29 is 19.5 Å². The van der Waals surface area contributed by atoms with E-state index in [1.807, 2.05) is 0 Å². The maximum Gasteiger partial charge on any atom is 0 e. The van der Waals surface area contributed by atoms with E-state index in [9.17, 15) is 0 Å². The average molecular weight is 127 g/mol. The zero-order chi connectivity index (χ0) is 2.00. The van der Waals surface area contributed by atoms with Crippen molar-refractivity contribution in [3.05, 3.63) is 6.42 Å². The summed E-state index contributed by atoms with van der Waals surface area (Å²) in [4.78, 5) is 0. The van der Waals surface area contributed by atoms with Crippen LogP contribution in [0.4, 0.5) is 0 Å². The van der Waals surface area contributed by atoms with Crippen LogP contribution in [0.5, 0.6) is 0 Å². The fraction of sp³-hybridized carbons (Fsp3) is 0. The number of terminal acetylenes is 1. The molecule has 0 aliphatic heterocycles. The van der Waals surface area contributed by atoms with Gasteiger partial charge in [0.1, 0.15) is 0 Å². The molecule has 0 atom stereocenters. The molecule has 2 heteroatoms. The summed E-state index contributed by atoms with van der Waals surface area (Å²) in [5, 5.41) is 0. The molecule has 0 radical (unpaired) electrons. The van der Waals surface area contributed by atoms with Gasteiger partial charge in [0.25, 0.3) is 0 Å². The normalized spacial score (nSPS) is 0.500. The minimum absolute atomic E-state index is 0. The van der Waals surface area contributed by atoms with E-state index < -0.39 is 0 Å². The first-order valence-electron chi connectivity index (χ1n) is 0.289. The quantitative estimate of drug-likeness (QED) is 0.254. The molecule has 0 aromatic heterocycles. The summed E-state index contributed by atoms with van der Waals surface area (Å²) in [6.45, 7) is 0. The van der Waals surface area contributed by atoms with Crippen LogP contribution in [0, 0.1) is 12.8 Å². The van der Waals surface area contributed by atoms with Crippen LogP contribution in [-0.2, 0) is 19.5 Å². The van der Waals surface area contributed by atoms with Crippen molar-refractivity contribution in [3.8, 4) is 6.42 Å². The Balaban J connectivity index is -0.00000000500. The Bertz CT molecular complexity index is 10.8. The van der Waals surface area contributed by atoms with Crippen molar-refractivity contribution in [2.75, 3.05) is 0 Å². The minimum atomic E-state index is 0. The topological polar surface area (TPSA) is 0 Å². The summed E-state index contributed by atoms with van der Waals surface area (Å²) in [6, 6.07) is 0. The molecular formula is C2H2ClZn-. The third-order valence-electron chi connectivity index (χ3n) is 0. The maximum atomic E-state index is 5.25. The minimum Gasteiger partial charge on any atom is -0.697 e. The molecule has 0 aromatic carbocycles. The summed E-state index contributed by atoms with van der Waals surface area (Å²) in [7, 11) is 0. The molecule has 0 N–H and O–H groups in total. The molecule has 0 aliphatic rings. The number of halogens is 1. The average Bonchev–Trinajstić information content (AvgIpc) is 1.00. The van der Waals surface area contributed by atoms with E-state index in [2.05, 4.69) is 6.42 Å². The molecule has 0 bridgehead atoms. The van der Waals surface area contributed by atoms with Gasteiger partial charge in [0.2, 0.25) is 0 Å². The molecule has 0 nitrogen and oxygen atoms in total. The van der Waals surface area contributed by atoms with E-state index in [1.165, 1.54) is 0 Å². The van der Waals surface area contributed by atoms with Gasteiger partial charge in [-0.3, -0.25) is 0 Å². The molecule has 0 amide bonds. The Morgan fingerprint density at radius 2 is 1.25 bits per heavy atom. The van der Waals surface area contributed by atoms with E-state index >= 15 is 0 Å². The fourth-order valence-corrected chi connectivity index (χ4v) is 0. The number of hydrogen-bond acceptors (Lipinski definition) is 0. The molecule has 0 rings (SSSR count). The van der Waals surface area contributed by atoms with E-state index in [-0.39, 0.29) is 31.9 Å². The van der Waals surface area contributed by atoms with Gasteiger partial charge in [-0.2, -0.15) is 0 Å². The van der Waals surface area contributed by atoms with Crippen molar-refractivity contribution in [1.29, 1.82) is 0 Å². The first-order chi connectivity index (χ1) is 1.00. The maximum absolute atomic E-state index is 5.25. The molecular weight excluding hydrogens is 125 g/mol. The van der Waals surface area contributed by atoms with Crippen molar-refractivity contribution in [1.82, 2.24) is 0 Å². The summed E-state index contributed by atoms with van der Waals surface area (Å²) in [5.41, 5.74) is 0. The van der Waals surface area contributed by atoms with Gasteiger partial charge >= 0.3 is 0 Å². The van der Waals surface area contributed by atoms with Gasteiger partial charge in [0.05, 0.1) is 0 Å². The van der Waals surface area contributed by atoms with Crippen molar-refractivity contribution in [3.63, 3.8) is 0 Å². The SMILES string of the molecule is Cl.[C-]#C.[Zn]. The van der Waals surface area contributed by atoms with Crippen LogP contribution < -0.4 is 0 Å². The Morgan fingerprint density at radius 1 is 1.25 bits per heavy atom. The fourth-order valence-electron chi connectivity index (χ4n) is 0. The molecule has 0 spiro atoms.